The number of amides is 2. The summed E-state index contributed by atoms with van der Waals surface area (Å²) in [6.45, 7) is 7.86. The van der Waals surface area contributed by atoms with Gasteiger partial charge in [-0.1, -0.05) is 19.9 Å². The van der Waals surface area contributed by atoms with Crippen LogP contribution in [0.2, 0.25) is 0 Å². The largest absolute Gasteiger partial charge is 0.481 e. The van der Waals surface area contributed by atoms with Crippen molar-refractivity contribution in [2.75, 3.05) is 11.5 Å². The fraction of sp³-hybridized carbons (Fsp3) is 0.515. The number of carboxylic acids is 2. The Balaban J connectivity index is 1.72. The highest BCUT2D eigenvalue weighted by atomic mass is 32.1. The van der Waals surface area contributed by atoms with Gasteiger partial charge in [-0.05, 0) is 79.7 Å². The van der Waals surface area contributed by atoms with E-state index in [9.17, 15) is 29.4 Å². The number of rotatable bonds is 13. The van der Waals surface area contributed by atoms with Crippen molar-refractivity contribution in [2.45, 2.75) is 78.3 Å². The molecule has 10 nitrogen and oxygen atoms in total. The van der Waals surface area contributed by atoms with Gasteiger partial charge in [-0.25, -0.2) is 0 Å². The Bertz CT molecular complexity index is 1490. The lowest BCUT2D eigenvalue weighted by atomic mass is 9.90. The maximum atomic E-state index is 12.6. The molecule has 3 aliphatic rings. The molecule has 0 spiro atoms. The van der Waals surface area contributed by atoms with Gasteiger partial charge in [0.05, 0.1) is 0 Å². The Labute approximate surface area is 275 Å². The Hall–Kier alpha value is -3.38. The van der Waals surface area contributed by atoms with E-state index < -0.39 is 11.9 Å². The van der Waals surface area contributed by atoms with Gasteiger partial charge in [-0.3, -0.25) is 19.2 Å². The average Bonchev–Trinajstić information content (AvgIpc) is 3.61. The summed E-state index contributed by atoms with van der Waals surface area (Å²) in [7, 11) is 0. The number of hydrogen-bond donors (Lipinski definition) is 8. The number of aromatic nitrogens is 1. The van der Waals surface area contributed by atoms with Crippen LogP contribution < -0.4 is 16.0 Å². The van der Waals surface area contributed by atoms with Crippen LogP contribution in [0.4, 0.5) is 0 Å². The van der Waals surface area contributed by atoms with Crippen LogP contribution in [-0.4, -0.2) is 62.5 Å². The number of carbonyl (C=O) groups is 4. The first-order valence-electron chi connectivity index (χ1n) is 15.4. The molecule has 0 saturated carbocycles. The van der Waals surface area contributed by atoms with E-state index in [-0.39, 0.29) is 54.5 Å². The van der Waals surface area contributed by atoms with E-state index in [2.05, 4.69) is 46.2 Å². The van der Waals surface area contributed by atoms with Gasteiger partial charge < -0.3 is 31.1 Å². The van der Waals surface area contributed by atoms with E-state index in [0.29, 0.717) is 30.8 Å². The monoisotopic (exact) mass is 656 g/mol. The zero-order valence-electron chi connectivity index (χ0n) is 26.2. The highest BCUT2D eigenvalue weighted by molar-refractivity contribution is 7.80. The number of H-pyrrole nitrogens is 1. The minimum Gasteiger partial charge on any atom is -0.481 e. The fourth-order valence-corrected chi connectivity index (χ4v) is 7.19. The number of thiol groups is 2. The lowest BCUT2D eigenvalue weighted by molar-refractivity contribution is -0.138. The molecule has 1 aromatic rings. The van der Waals surface area contributed by atoms with E-state index in [1.807, 2.05) is 45.9 Å². The van der Waals surface area contributed by atoms with Crippen molar-refractivity contribution in [3.05, 3.63) is 56.7 Å². The molecule has 2 unspecified atom stereocenters. The molecule has 45 heavy (non-hydrogen) atoms. The zero-order chi connectivity index (χ0) is 33.0. The second-order valence-electron chi connectivity index (χ2n) is 12.2. The first-order valence-corrected chi connectivity index (χ1v) is 16.7. The third kappa shape index (κ3) is 7.71. The molecule has 6 N–H and O–H groups in total. The van der Waals surface area contributed by atoms with Gasteiger partial charge in [0.25, 0.3) is 0 Å². The topological polar surface area (TPSA) is 161 Å². The first kappa shape index (κ1) is 34.5. The summed E-state index contributed by atoms with van der Waals surface area (Å²) in [6, 6.07) is -0.220. The Morgan fingerprint density at radius 3 is 2.27 bits per heavy atom. The molecule has 2 saturated heterocycles. The quantitative estimate of drug-likeness (QED) is 0.116. The lowest BCUT2D eigenvalue weighted by Gasteiger charge is -2.21. The van der Waals surface area contributed by atoms with E-state index in [4.69, 9.17) is 0 Å². The van der Waals surface area contributed by atoms with Crippen molar-refractivity contribution in [2.24, 2.45) is 17.8 Å². The molecule has 0 radical (unpaired) electrons. The van der Waals surface area contributed by atoms with Crippen LogP contribution in [-0.2, 0) is 25.6 Å². The summed E-state index contributed by atoms with van der Waals surface area (Å²) < 4.78 is 0. The molecule has 4 heterocycles. The first-order chi connectivity index (χ1) is 21.4. The number of aromatic amines is 1. The van der Waals surface area contributed by atoms with Crippen LogP contribution in [0.25, 0.3) is 12.2 Å². The predicted octanol–water partition coefficient (Wildman–Crippen LogP) is 4.26. The lowest BCUT2D eigenvalue weighted by Crippen LogP contribution is -2.36. The molecule has 3 aliphatic heterocycles. The molecule has 244 valence electrons. The van der Waals surface area contributed by atoms with Crippen LogP contribution >= 0.6 is 25.3 Å². The van der Waals surface area contributed by atoms with Gasteiger partial charge in [0.1, 0.15) is 0 Å². The maximum Gasteiger partial charge on any atom is 0.303 e. The van der Waals surface area contributed by atoms with Crippen LogP contribution in [0, 0.1) is 24.7 Å². The van der Waals surface area contributed by atoms with Crippen molar-refractivity contribution in [3.63, 3.8) is 0 Å². The van der Waals surface area contributed by atoms with E-state index in [1.165, 1.54) is 0 Å². The van der Waals surface area contributed by atoms with E-state index in [0.717, 1.165) is 57.0 Å². The van der Waals surface area contributed by atoms with E-state index >= 15 is 0 Å². The molecule has 0 aliphatic carbocycles. The summed E-state index contributed by atoms with van der Waals surface area (Å²) in [5.41, 5.74) is 7.48. The molecule has 2 fully saturated rings. The normalized spacial score (nSPS) is 27.5. The van der Waals surface area contributed by atoms with Crippen molar-refractivity contribution < 1.29 is 29.4 Å². The van der Waals surface area contributed by atoms with Gasteiger partial charge in [-0.2, -0.15) is 25.3 Å². The summed E-state index contributed by atoms with van der Waals surface area (Å²) in [5, 5.41) is 28.7. The van der Waals surface area contributed by atoms with Gasteiger partial charge in [-0.15, -0.1) is 0 Å². The van der Waals surface area contributed by atoms with Gasteiger partial charge in [0.2, 0.25) is 11.8 Å². The Morgan fingerprint density at radius 2 is 1.62 bits per heavy atom. The number of allylic oxidation sites excluding steroid dienone is 2. The van der Waals surface area contributed by atoms with Crippen molar-refractivity contribution in [1.29, 1.82) is 0 Å². The molecule has 0 bridgehead atoms. The molecule has 2 amide bonds. The molecular formula is C33H44N4O6S2. The number of carbonyl (C=O) groups excluding carboxylic acids is 2. The molecular weight excluding hydrogens is 613 g/mol. The highest BCUT2D eigenvalue weighted by Crippen LogP contribution is 2.36. The number of carboxylic acid groups (broad SMARTS) is 2. The molecule has 0 aromatic carbocycles. The molecule has 5 atom stereocenters. The van der Waals surface area contributed by atoms with Crippen molar-refractivity contribution in [3.8, 4) is 0 Å². The minimum absolute atomic E-state index is 0.00389. The highest BCUT2D eigenvalue weighted by Gasteiger charge is 2.38. The Morgan fingerprint density at radius 1 is 0.933 bits per heavy atom. The smallest absolute Gasteiger partial charge is 0.303 e. The van der Waals surface area contributed by atoms with Gasteiger partial charge in [0.15, 0.2) is 0 Å². The van der Waals surface area contributed by atoms with E-state index in [1.54, 1.807) is 0 Å². The number of aliphatic carboxylic acids is 2. The number of nitrogens with one attached hydrogen (secondary N) is 4. The molecule has 4 rings (SSSR count). The third-order valence-corrected chi connectivity index (χ3v) is 9.91. The van der Waals surface area contributed by atoms with Crippen LogP contribution in [0.3, 0.4) is 0 Å². The zero-order valence-corrected chi connectivity index (χ0v) is 28.0. The molecule has 12 heteroatoms. The Kier molecular flexibility index (Phi) is 11.4. The molecule has 1 aromatic heterocycles. The summed E-state index contributed by atoms with van der Waals surface area (Å²) in [5.74, 6) is -0.962. The second-order valence-corrected chi connectivity index (χ2v) is 13.0. The maximum absolute atomic E-state index is 12.6. The standard InChI is InChI=1S/C33H44N4O6S2/c1-16-20(5-7-30(38)39)27(34-24(16)13-26-18(3)23(10-12-45)33(43)36-26)15-28-21(6-8-31(40)41)17(2)25(35-28)14-29-22(9-11-44)19(4)32(42)37-29/h10,14-15,18-19,22,24,26,34-35,44-45H,5-9,11-13H2,1-4H3,(H,36,43)(H,37,42)(H,38,39)(H,40,41)/b23-10-,27-15-,29-14-/t18?,19-,22-,24?,26-/m1/s1. The minimum atomic E-state index is -0.907. The average molecular weight is 657 g/mol. The summed E-state index contributed by atoms with van der Waals surface area (Å²) in [4.78, 5) is 51.7. The van der Waals surface area contributed by atoms with Crippen molar-refractivity contribution in [1.82, 2.24) is 20.9 Å². The third-order valence-electron chi connectivity index (χ3n) is 9.47. The van der Waals surface area contributed by atoms with Crippen LogP contribution in [0.1, 0.15) is 75.4 Å². The van der Waals surface area contributed by atoms with Gasteiger partial charge >= 0.3 is 11.9 Å². The summed E-state index contributed by atoms with van der Waals surface area (Å²) >= 11 is 8.64. The van der Waals surface area contributed by atoms with Crippen LogP contribution in [0.5, 0.6) is 0 Å². The fourth-order valence-electron chi connectivity index (χ4n) is 6.72. The number of hydrogen-bond acceptors (Lipinski definition) is 7. The summed E-state index contributed by atoms with van der Waals surface area (Å²) in [6.07, 6.45) is 7.61. The van der Waals surface area contributed by atoms with Gasteiger partial charge in [0, 0.05) is 76.8 Å². The van der Waals surface area contributed by atoms with Crippen molar-refractivity contribution >= 4 is 61.2 Å². The predicted molar refractivity (Wildman–Crippen MR) is 181 cm³/mol. The second kappa shape index (κ2) is 14.8. The van der Waals surface area contributed by atoms with Crippen LogP contribution in [0.15, 0.2) is 34.2 Å². The SMILES string of the molecule is CC1=C(CCC(=O)O)/C(=C/c2[nH]c(/C=C3\NC(=O)[C@H](C)[C@H]3CCS)c(C)c2CCC(=O)O)NC1C[C@H]1NC(=O)/C(=C\CS)C1C.